The average Bonchev–Trinajstić information content (AvgIpc) is 3.09. The van der Waals surface area contributed by atoms with Crippen LogP contribution in [0.4, 0.5) is 0 Å². The molecular formula is C13H17NO2S. The molecule has 1 amide bonds. The van der Waals surface area contributed by atoms with Crippen LogP contribution >= 0.6 is 11.8 Å². The summed E-state index contributed by atoms with van der Waals surface area (Å²) in [6.45, 7) is 0.866. The Labute approximate surface area is 106 Å². The van der Waals surface area contributed by atoms with E-state index in [-0.39, 0.29) is 11.3 Å². The van der Waals surface area contributed by atoms with Gasteiger partial charge in [-0.2, -0.15) is 0 Å². The molecule has 0 spiro atoms. The van der Waals surface area contributed by atoms with Gasteiger partial charge in [0.25, 0.3) is 0 Å². The number of carbonyl (C=O) groups excluding carboxylic acids is 1. The van der Waals surface area contributed by atoms with E-state index in [1.54, 1.807) is 18.0 Å². The third kappa shape index (κ3) is 2.10. The Morgan fingerprint density at radius 2 is 2.24 bits per heavy atom. The third-order valence-corrected chi connectivity index (χ3v) is 4.89. The minimum absolute atomic E-state index is 0.109. The first-order valence-electron chi connectivity index (χ1n) is 6.32. The van der Waals surface area contributed by atoms with Gasteiger partial charge in [-0.25, -0.2) is 0 Å². The molecule has 92 valence electrons. The Balaban J connectivity index is 1.75. The number of furan rings is 1. The molecule has 0 N–H and O–H groups in total. The minimum atomic E-state index is 0.109. The van der Waals surface area contributed by atoms with Crippen molar-refractivity contribution in [3.8, 4) is 0 Å². The first-order valence-corrected chi connectivity index (χ1v) is 7.36. The summed E-state index contributed by atoms with van der Waals surface area (Å²) in [4.78, 5) is 14.4. The summed E-state index contributed by atoms with van der Waals surface area (Å²) in [5, 5.41) is 0.109. The molecule has 2 heterocycles. The minimum Gasteiger partial charge on any atom is -0.466 e. The van der Waals surface area contributed by atoms with Crippen LogP contribution in [-0.2, 0) is 4.79 Å². The van der Waals surface area contributed by atoms with Gasteiger partial charge in [-0.3, -0.25) is 4.79 Å². The first kappa shape index (κ1) is 11.2. The van der Waals surface area contributed by atoms with Gasteiger partial charge in [0.05, 0.1) is 6.26 Å². The molecule has 1 aromatic rings. The molecule has 3 rings (SSSR count). The standard InChI is InChI=1S/C13H17NO2S/c15-12(10-4-1-2-5-10)14-7-9-17-13(14)11-6-3-8-16-11/h3,6,8,10,13H,1-2,4-5,7,9H2/t13-/m0/s1. The number of hydrogen-bond acceptors (Lipinski definition) is 3. The molecule has 1 saturated heterocycles. The van der Waals surface area contributed by atoms with Crippen LogP contribution in [0, 0.1) is 5.92 Å². The summed E-state index contributed by atoms with van der Waals surface area (Å²) in [5.74, 6) is 2.54. The second-order valence-electron chi connectivity index (χ2n) is 4.75. The van der Waals surface area contributed by atoms with Crippen LogP contribution < -0.4 is 0 Å². The molecule has 17 heavy (non-hydrogen) atoms. The van der Waals surface area contributed by atoms with Gasteiger partial charge in [0.1, 0.15) is 11.1 Å². The van der Waals surface area contributed by atoms with Gasteiger partial charge in [0.2, 0.25) is 5.91 Å². The van der Waals surface area contributed by atoms with Crippen molar-refractivity contribution in [2.24, 2.45) is 5.92 Å². The van der Waals surface area contributed by atoms with E-state index in [9.17, 15) is 4.79 Å². The second-order valence-corrected chi connectivity index (χ2v) is 5.94. The van der Waals surface area contributed by atoms with Gasteiger partial charge >= 0.3 is 0 Å². The van der Waals surface area contributed by atoms with Gasteiger partial charge in [-0.1, -0.05) is 12.8 Å². The first-order chi connectivity index (χ1) is 8.36. The Bertz CT molecular complexity index is 384. The number of nitrogens with zero attached hydrogens (tertiary/aromatic N) is 1. The molecule has 1 aliphatic heterocycles. The van der Waals surface area contributed by atoms with Crippen molar-refractivity contribution in [3.05, 3.63) is 24.2 Å². The highest BCUT2D eigenvalue weighted by Crippen LogP contribution is 2.40. The number of rotatable bonds is 2. The lowest BCUT2D eigenvalue weighted by molar-refractivity contribution is -0.135. The van der Waals surface area contributed by atoms with E-state index in [0.717, 1.165) is 30.9 Å². The molecule has 4 heteroatoms. The summed E-state index contributed by atoms with van der Waals surface area (Å²) in [5.41, 5.74) is 0. The zero-order chi connectivity index (χ0) is 11.7. The van der Waals surface area contributed by atoms with Gasteiger partial charge in [0.15, 0.2) is 0 Å². The molecule has 2 aliphatic rings. The van der Waals surface area contributed by atoms with Crippen molar-refractivity contribution >= 4 is 17.7 Å². The van der Waals surface area contributed by atoms with Crippen molar-refractivity contribution in [2.45, 2.75) is 31.1 Å². The predicted molar refractivity (Wildman–Crippen MR) is 67.6 cm³/mol. The second kappa shape index (κ2) is 4.77. The van der Waals surface area contributed by atoms with Gasteiger partial charge in [0, 0.05) is 18.2 Å². The lowest BCUT2D eigenvalue weighted by Crippen LogP contribution is -2.34. The van der Waals surface area contributed by atoms with Crippen molar-refractivity contribution in [2.75, 3.05) is 12.3 Å². The maximum atomic E-state index is 12.4. The molecule has 0 aromatic carbocycles. The zero-order valence-corrected chi connectivity index (χ0v) is 10.6. The van der Waals surface area contributed by atoms with Crippen LogP contribution in [0.2, 0.25) is 0 Å². The normalized spacial score (nSPS) is 25.6. The summed E-state index contributed by atoms with van der Waals surface area (Å²) >= 11 is 1.81. The maximum Gasteiger partial charge on any atom is 0.226 e. The molecule has 0 bridgehead atoms. The number of carbonyl (C=O) groups is 1. The van der Waals surface area contributed by atoms with E-state index in [1.807, 2.05) is 17.0 Å². The highest BCUT2D eigenvalue weighted by atomic mass is 32.2. The van der Waals surface area contributed by atoms with E-state index in [4.69, 9.17) is 4.42 Å². The Morgan fingerprint density at radius 1 is 1.41 bits per heavy atom. The molecule has 3 nitrogen and oxygen atoms in total. The molecule has 1 aliphatic carbocycles. The smallest absolute Gasteiger partial charge is 0.226 e. The fraction of sp³-hybridized carbons (Fsp3) is 0.615. The SMILES string of the molecule is O=C(C1CCCC1)N1CCS[C@H]1c1ccco1. The summed E-state index contributed by atoms with van der Waals surface area (Å²) in [7, 11) is 0. The molecule has 1 saturated carbocycles. The van der Waals surface area contributed by atoms with Crippen LogP contribution in [0.5, 0.6) is 0 Å². The van der Waals surface area contributed by atoms with E-state index in [2.05, 4.69) is 0 Å². The van der Waals surface area contributed by atoms with Crippen molar-refractivity contribution < 1.29 is 9.21 Å². The molecule has 1 atom stereocenters. The monoisotopic (exact) mass is 251 g/mol. The quantitative estimate of drug-likeness (QED) is 0.810. The van der Waals surface area contributed by atoms with Crippen molar-refractivity contribution in [1.82, 2.24) is 4.90 Å². The zero-order valence-electron chi connectivity index (χ0n) is 9.80. The van der Waals surface area contributed by atoms with Crippen LogP contribution in [0.15, 0.2) is 22.8 Å². The molecule has 2 fully saturated rings. The Hall–Kier alpha value is -0.900. The van der Waals surface area contributed by atoms with Crippen LogP contribution in [-0.4, -0.2) is 23.1 Å². The fourth-order valence-electron chi connectivity index (χ4n) is 2.77. The van der Waals surface area contributed by atoms with Crippen molar-refractivity contribution in [1.29, 1.82) is 0 Å². The average molecular weight is 251 g/mol. The lowest BCUT2D eigenvalue weighted by atomic mass is 10.1. The maximum absolute atomic E-state index is 12.4. The van der Waals surface area contributed by atoms with E-state index in [0.29, 0.717) is 5.91 Å². The number of hydrogen-bond donors (Lipinski definition) is 0. The predicted octanol–water partition coefficient (Wildman–Crippen LogP) is 3.04. The number of amides is 1. The molecule has 1 aromatic heterocycles. The molecule has 0 unspecified atom stereocenters. The highest BCUT2D eigenvalue weighted by molar-refractivity contribution is 7.99. The Morgan fingerprint density at radius 3 is 2.94 bits per heavy atom. The van der Waals surface area contributed by atoms with E-state index >= 15 is 0 Å². The van der Waals surface area contributed by atoms with Crippen LogP contribution in [0.25, 0.3) is 0 Å². The van der Waals surface area contributed by atoms with Gasteiger partial charge in [-0.05, 0) is 25.0 Å². The lowest BCUT2D eigenvalue weighted by Gasteiger charge is -2.25. The Kier molecular flexibility index (Phi) is 3.14. The largest absolute Gasteiger partial charge is 0.466 e. The topological polar surface area (TPSA) is 33.5 Å². The molecular weight excluding hydrogens is 234 g/mol. The summed E-state index contributed by atoms with van der Waals surface area (Å²) < 4.78 is 5.45. The van der Waals surface area contributed by atoms with Crippen LogP contribution in [0.3, 0.4) is 0 Å². The van der Waals surface area contributed by atoms with E-state index in [1.165, 1.54) is 12.8 Å². The number of thioether (sulfide) groups is 1. The molecule has 0 radical (unpaired) electrons. The van der Waals surface area contributed by atoms with Crippen LogP contribution in [0.1, 0.15) is 36.8 Å². The van der Waals surface area contributed by atoms with Gasteiger partial charge < -0.3 is 9.32 Å². The third-order valence-electron chi connectivity index (χ3n) is 3.67. The van der Waals surface area contributed by atoms with E-state index < -0.39 is 0 Å². The van der Waals surface area contributed by atoms with Crippen molar-refractivity contribution in [3.63, 3.8) is 0 Å². The summed E-state index contributed by atoms with van der Waals surface area (Å²) in [6.07, 6.45) is 6.26. The van der Waals surface area contributed by atoms with Gasteiger partial charge in [-0.15, -0.1) is 11.8 Å². The highest BCUT2D eigenvalue weighted by Gasteiger charge is 2.36. The summed E-state index contributed by atoms with van der Waals surface area (Å²) in [6, 6.07) is 3.87. The fourth-order valence-corrected chi connectivity index (χ4v) is 3.98.